The molecule has 3 aromatic carbocycles. The lowest BCUT2D eigenvalue weighted by Gasteiger charge is -2.33. The van der Waals surface area contributed by atoms with Crippen molar-refractivity contribution in [3.05, 3.63) is 88.1 Å². The van der Waals surface area contributed by atoms with Crippen molar-refractivity contribution in [1.82, 2.24) is 25.1 Å². The zero-order chi connectivity index (χ0) is 42.9. The number of aryl methyl sites for hydroxylation is 1. The SMILES string of the molecule is Cc1cc(Nc2ncc(Cl)c(Nc3ccccc3S(=O)(=O)C(C)C)n2)c(OC(C)C)cc1C1CCN(CCNc2cccc3c2C(=O)N(C2CCC(O)NC2=O)C3=O)CC1. The number of nitrogens with zero attached hydrogens (tertiary/aromatic N) is 4. The number of ether oxygens (including phenoxy) is 1. The Hall–Kier alpha value is -5.29. The number of halogens is 1. The van der Waals surface area contributed by atoms with Crippen molar-refractivity contribution in [2.75, 3.05) is 42.1 Å². The number of nitrogens with one attached hydrogen (secondary N) is 4. The number of benzene rings is 3. The number of likely N-dealkylation sites (tertiary alicyclic amines) is 1. The van der Waals surface area contributed by atoms with Gasteiger partial charge < -0.3 is 36.0 Å². The first kappa shape index (κ1) is 42.8. The summed E-state index contributed by atoms with van der Waals surface area (Å²) in [7, 11) is -3.59. The molecule has 3 aliphatic heterocycles. The van der Waals surface area contributed by atoms with Gasteiger partial charge in [0.1, 0.15) is 23.0 Å². The summed E-state index contributed by atoms with van der Waals surface area (Å²) in [5.74, 6) is -0.0925. The van der Waals surface area contributed by atoms with E-state index in [2.05, 4.69) is 49.1 Å². The molecule has 4 heterocycles. The van der Waals surface area contributed by atoms with Gasteiger partial charge in [-0.15, -0.1) is 0 Å². The number of anilines is 5. The molecule has 60 heavy (non-hydrogen) atoms. The van der Waals surface area contributed by atoms with Crippen LogP contribution in [0, 0.1) is 6.92 Å². The van der Waals surface area contributed by atoms with E-state index < -0.39 is 45.1 Å². The van der Waals surface area contributed by atoms with E-state index in [1.807, 2.05) is 19.9 Å². The standard InChI is InChI=1S/C43H51ClN8O7S/c1-24(2)59-35-22-29(26(5)21-33(35)48-43-46-23-30(44)39(50-43)47-31-10-6-7-12-36(31)60(57,58)25(3)4)27-15-18-51(19-16-27)20-17-45-32-11-8-9-28-38(32)42(56)52(41(28)55)34-13-14-37(53)49-40(34)54/h6-12,21-25,27,34,37,45,53H,13-20H2,1-5H3,(H,49,54)(H2,46,47,48,50). The zero-order valence-corrected chi connectivity index (χ0v) is 35.9. The van der Waals surface area contributed by atoms with Gasteiger partial charge in [0.15, 0.2) is 15.7 Å². The Morgan fingerprint density at radius 1 is 0.933 bits per heavy atom. The number of imide groups is 1. The van der Waals surface area contributed by atoms with Crippen LogP contribution in [0.15, 0.2) is 65.7 Å². The van der Waals surface area contributed by atoms with E-state index in [4.69, 9.17) is 16.3 Å². The highest BCUT2D eigenvalue weighted by atomic mass is 35.5. The summed E-state index contributed by atoms with van der Waals surface area (Å²) in [5, 5.41) is 21.6. The first-order valence-corrected chi connectivity index (χ1v) is 22.2. The van der Waals surface area contributed by atoms with E-state index in [1.165, 1.54) is 11.8 Å². The quantitative estimate of drug-likeness (QED) is 0.0878. The van der Waals surface area contributed by atoms with Crippen LogP contribution in [0.4, 0.5) is 28.8 Å². The topological polar surface area (TPSA) is 195 Å². The number of rotatable bonds is 14. The number of amides is 3. The second-order valence-corrected chi connectivity index (χ2v) is 18.9. The Morgan fingerprint density at radius 3 is 2.38 bits per heavy atom. The van der Waals surface area contributed by atoms with Crippen LogP contribution >= 0.6 is 11.6 Å². The molecule has 15 nitrogen and oxygen atoms in total. The van der Waals surface area contributed by atoms with E-state index in [0.29, 0.717) is 35.3 Å². The van der Waals surface area contributed by atoms with Gasteiger partial charge in [0.2, 0.25) is 11.9 Å². The smallest absolute Gasteiger partial charge is 0.264 e. The van der Waals surface area contributed by atoms with Gasteiger partial charge in [-0.1, -0.05) is 29.8 Å². The van der Waals surface area contributed by atoms with Crippen molar-refractivity contribution in [1.29, 1.82) is 0 Å². The maximum Gasteiger partial charge on any atom is 0.264 e. The fourth-order valence-electron chi connectivity index (χ4n) is 8.00. The van der Waals surface area contributed by atoms with Crippen LogP contribution in [-0.2, 0) is 14.6 Å². The van der Waals surface area contributed by atoms with Crippen LogP contribution in [-0.4, -0.2) is 101 Å². The summed E-state index contributed by atoms with van der Waals surface area (Å²) in [5.41, 5.74) is 4.42. The van der Waals surface area contributed by atoms with E-state index in [0.717, 1.165) is 42.9 Å². The van der Waals surface area contributed by atoms with Crippen LogP contribution in [0.25, 0.3) is 0 Å². The second kappa shape index (κ2) is 17.7. The third-order valence-electron chi connectivity index (χ3n) is 11.1. The van der Waals surface area contributed by atoms with Crippen LogP contribution in [0.1, 0.15) is 91.1 Å². The van der Waals surface area contributed by atoms with Crippen LogP contribution in [0.3, 0.4) is 0 Å². The number of hydrogen-bond donors (Lipinski definition) is 5. The number of para-hydroxylation sites is 1. The van der Waals surface area contributed by atoms with E-state index in [1.54, 1.807) is 56.3 Å². The predicted molar refractivity (Wildman–Crippen MR) is 230 cm³/mol. The molecular weight excluding hydrogens is 808 g/mol. The minimum atomic E-state index is -3.59. The van der Waals surface area contributed by atoms with Crippen molar-refractivity contribution in [3.8, 4) is 5.75 Å². The number of fused-ring (bicyclic) bond motifs is 1. The molecule has 17 heteroatoms. The molecule has 3 amide bonds. The van der Waals surface area contributed by atoms with E-state index in [9.17, 15) is 27.9 Å². The summed E-state index contributed by atoms with van der Waals surface area (Å²) in [6.07, 6.45) is 2.68. The van der Waals surface area contributed by atoms with Crippen LogP contribution in [0.2, 0.25) is 5.02 Å². The fraction of sp³-hybridized carbons (Fsp3) is 0.419. The number of aliphatic hydroxyl groups excluding tert-OH is 1. The number of aromatic nitrogens is 2. The third-order valence-corrected chi connectivity index (χ3v) is 13.6. The zero-order valence-electron chi connectivity index (χ0n) is 34.3. The molecule has 2 saturated heterocycles. The molecule has 2 unspecified atom stereocenters. The highest BCUT2D eigenvalue weighted by Gasteiger charge is 2.45. The predicted octanol–water partition coefficient (Wildman–Crippen LogP) is 6.38. The molecule has 318 valence electrons. The van der Waals surface area contributed by atoms with Gasteiger partial charge in [-0.25, -0.2) is 13.4 Å². The Bertz CT molecular complexity index is 2400. The third kappa shape index (κ3) is 8.92. The van der Waals surface area contributed by atoms with Crippen molar-refractivity contribution in [2.45, 2.75) is 94.7 Å². The number of hydrogen-bond acceptors (Lipinski definition) is 13. The largest absolute Gasteiger partial charge is 0.489 e. The minimum absolute atomic E-state index is 0.110. The van der Waals surface area contributed by atoms with Gasteiger partial charge in [0.25, 0.3) is 11.8 Å². The average Bonchev–Trinajstić information content (AvgIpc) is 3.46. The molecular formula is C43H51ClN8O7S. The lowest BCUT2D eigenvalue weighted by Crippen LogP contribution is -2.55. The Labute approximate surface area is 355 Å². The molecule has 0 spiro atoms. The highest BCUT2D eigenvalue weighted by Crippen LogP contribution is 2.39. The minimum Gasteiger partial charge on any atom is -0.489 e. The fourth-order valence-corrected chi connectivity index (χ4v) is 9.34. The van der Waals surface area contributed by atoms with E-state index in [-0.39, 0.29) is 51.8 Å². The van der Waals surface area contributed by atoms with Gasteiger partial charge in [0, 0.05) is 18.8 Å². The molecule has 0 saturated carbocycles. The van der Waals surface area contributed by atoms with Gasteiger partial charge >= 0.3 is 0 Å². The normalized spacial score (nSPS) is 18.8. The first-order valence-electron chi connectivity index (χ1n) is 20.3. The van der Waals surface area contributed by atoms with Crippen molar-refractivity contribution < 1.29 is 32.6 Å². The van der Waals surface area contributed by atoms with Gasteiger partial charge in [0.05, 0.1) is 44.9 Å². The lowest BCUT2D eigenvalue weighted by molar-refractivity contribution is -0.131. The molecule has 3 aliphatic rings. The van der Waals surface area contributed by atoms with E-state index >= 15 is 0 Å². The molecule has 0 bridgehead atoms. The van der Waals surface area contributed by atoms with Gasteiger partial charge in [-0.05, 0) is 127 Å². The van der Waals surface area contributed by atoms with Crippen molar-refractivity contribution in [2.24, 2.45) is 0 Å². The summed E-state index contributed by atoms with van der Waals surface area (Å²) in [4.78, 5) is 51.9. The maximum absolute atomic E-state index is 13.5. The second-order valence-electron chi connectivity index (χ2n) is 16.0. The number of carbonyl (C=O) groups excluding carboxylic acids is 3. The highest BCUT2D eigenvalue weighted by molar-refractivity contribution is 7.92. The number of sulfone groups is 1. The van der Waals surface area contributed by atoms with Crippen LogP contribution in [0.5, 0.6) is 5.75 Å². The molecule has 0 aliphatic carbocycles. The molecule has 2 fully saturated rings. The monoisotopic (exact) mass is 858 g/mol. The molecule has 4 aromatic rings. The molecule has 2 atom stereocenters. The number of aliphatic hydroxyl groups is 1. The summed E-state index contributed by atoms with van der Waals surface area (Å²) >= 11 is 6.51. The van der Waals surface area contributed by atoms with Crippen LogP contribution < -0.4 is 26.0 Å². The Balaban J connectivity index is 0.992. The molecule has 1 aromatic heterocycles. The van der Waals surface area contributed by atoms with Gasteiger partial charge in [-0.2, -0.15) is 4.98 Å². The maximum atomic E-state index is 13.5. The molecule has 7 rings (SSSR count). The Kier molecular flexibility index (Phi) is 12.7. The average molecular weight is 859 g/mol. The number of carbonyl (C=O) groups is 3. The summed E-state index contributed by atoms with van der Waals surface area (Å²) in [6.45, 7) is 12.3. The summed E-state index contributed by atoms with van der Waals surface area (Å²) < 4.78 is 32.5. The van der Waals surface area contributed by atoms with Crippen molar-refractivity contribution in [3.63, 3.8) is 0 Å². The first-order chi connectivity index (χ1) is 28.6. The molecule has 0 radical (unpaired) electrons. The number of piperidine rings is 2. The molecule has 5 N–H and O–H groups in total. The summed E-state index contributed by atoms with van der Waals surface area (Å²) in [6, 6.07) is 14.9. The van der Waals surface area contributed by atoms with Crippen molar-refractivity contribution >= 4 is 68.0 Å². The lowest BCUT2D eigenvalue weighted by atomic mass is 9.86. The Morgan fingerprint density at radius 2 is 1.67 bits per heavy atom. The van der Waals surface area contributed by atoms with Gasteiger partial charge in [-0.3, -0.25) is 19.3 Å².